The second kappa shape index (κ2) is 6.78. The van der Waals surface area contributed by atoms with Crippen LogP contribution in [0.2, 0.25) is 0 Å². The van der Waals surface area contributed by atoms with E-state index in [0.717, 1.165) is 24.2 Å². The fraction of sp³-hybridized carbons (Fsp3) is 0.300. The molecule has 118 valence electrons. The summed E-state index contributed by atoms with van der Waals surface area (Å²) in [4.78, 5) is 20.1. The minimum atomic E-state index is -0.0592. The van der Waals surface area contributed by atoms with Crippen LogP contribution in [0.25, 0.3) is 10.9 Å². The van der Waals surface area contributed by atoms with Gasteiger partial charge in [0.05, 0.1) is 10.9 Å². The Morgan fingerprint density at radius 3 is 2.39 bits per heavy atom. The first-order valence-electron chi connectivity index (χ1n) is 8.19. The molecule has 0 amide bonds. The van der Waals surface area contributed by atoms with Gasteiger partial charge in [0, 0.05) is 5.92 Å². The molecule has 3 aromatic rings. The Balaban J connectivity index is 2.07. The Morgan fingerprint density at radius 1 is 0.957 bits per heavy atom. The van der Waals surface area contributed by atoms with Crippen molar-refractivity contribution in [3.63, 3.8) is 0 Å². The highest BCUT2D eigenvalue weighted by Crippen LogP contribution is 2.28. The van der Waals surface area contributed by atoms with Gasteiger partial charge in [-0.1, -0.05) is 56.3 Å². The lowest BCUT2D eigenvalue weighted by atomic mass is 9.90. The number of fused-ring (bicyclic) bond motifs is 1. The van der Waals surface area contributed by atoms with Gasteiger partial charge in [0.1, 0.15) is 5.82 Å². The van der Waals surface area contributed by atoms with E-state index >= 15 is 0 Å². The van der Waals surface area contributed by atoms with Gasteiger partial charge in [0.15, 0.2) is 0 Å². The average Bonchev–Trinajstić information content (AvgIpc) is 2.56. The summed E-state index contributed by atoms with van der Waals surface area (Å²) < 4.78 is 0. The summed E-state index contributed by atoms with van der Waals surface area (Å²) in [6.07, 6.45) is 2.07. The number of nitrogens with zero attached hydrogens (tertiary/aromatic N) is 1. The lowest BCUT2D eigenvalue weighted by molar-refractivity contribution is 0.519. The maximum Gasteiger partial charge on any atom is 0.258 e. The molecule has 0 fully saturated rings. The number of H-pyrrole nitrogens is 1. The number of aromatic nitrogens is 2. The molecule has 23 heavy (non-hydrogen) atoms. The number of benzene rings is 2. The molecule has 1 aromatic heterocycles. The lowest BCUT2D eigenvalue weighted by Crippen LogP contribution is -2.16. The van der Waals surface area contributed by atoms with Crippen molar-refractivity contribution in [2.45, 2.75) is 32.6 Å². The molecule has 0 aliphatic carbocycles. The summed E-state index contributed by atoms with van der Waals surface area (Å²) in [6.45, 7) is 4.44. The number of nitrogens with one attached hydrogen (secondary N) is 1. The standard InChI is InChI=1S/C20H22N2O/c1-14(2)12-13-16(15-8-4-3-5-9-15)19-21-18-11-7-6-10-17(18)20(23)22-19/h3-11,14,16H,12-13H2,1-2H3,(H,21,22,23). The van der Waals surface area contributed by atoms with Gasteiger partial charge in [-0.2, -0.15) is 0 Å². The maximum atomic E-state index is 12.4. The van der Waals surface area contributed by atoms with Gasteiger partial charge in [-0.15, -0.1) is 0 Å². The second-order valence-electron chi connectivity index (χ2n) is 6.40. The Kier molecular flexibility index (Phi) is 4.56. The van der Waals surface area contributed by atoms with E-state index in [1.807, 2.05) is 42.5 Å². The van der Waals surface area contributed by atoms with Crippen molar-refractivity contribution < 1.29 is 0 Å². The van der Waals surface area contributed by atoms with Crippen LogP contribution in [0.15, 0.2) is 59.4 Å². The van der Waals surface area contributed by atoms with Gasteiger partial charge in [0.25, 0.3) is 5.56 Å². The average molecular weight is 306 g/mol. The van der Waals surface area contributed by atoms with Gasteiger partial charge >= 0.3 is 0 Å². The molecule has 3 rings (SSSR count). The maximum absolute atomic E-state index is 12.4. The van der Waals surface area contributed by atoms with Crippen LogP contribution in [0.5, 0.6) is 0 Å². The highest BCUT2D eigenvalue weighted by Gasteiger charge is 2.18. The van der Waals surface area contributed by atoms with E-state index in [1.165, 1.54) is 5.56 Å². The Bertz CT molecular complexity index is 837. The highest BCUT2D eigenvalue weighted by atomic mass is 16.1. The number of hydrogen-bond donors (Lipinski definition) is 1. The Morgan fingerprint density at radius 2 is 1.65 bits per heavy atom. The lowest BCUT2D eigenvalue weighted by Gasteiger charge is -2.18. The third-order valence-electron chi connectivity index (χ3n) is 4.20. The van der Waals surface area contributed by atoms with E-state index in [-0.39, 0.29) is 11.5 Å². The molecule has 1 atom stereocenters. The normalized spacial score (nSPS) is 12.7. The molecule has 0 aliphatic rings. The molecule has 1 N–H and O–H groups in total. The van der Waals surface area contributed by atoms with Crippen molar-refractivity contribution in [3.05, 3.63) is 76.3 Å². The van der Waals surface area contributed by atoms with E-state index in [0.29, 0.717) is 11.3 Å². The van der Waals surface area contributed by atoms with Crippen molar-refractivity contribution in [2.24, 2.45) is 5.92 Å². The summed E-state index contributed by atoms with van der Waals surface area (Å²) in [5.41, 5.74) is 1.90. The number of para-hydroxylation sites is 1. The van der Waals surface area contributed by atoms with Crippen LogP contribution in [-0.2, 0) is 0 Å². The Hall–Kier alpha value is -2.42. The number of hydrogen-bond acceptors (Lipinski definition) is 2. The molecule has 0 bridgehead atoms. The minimum Gasteiger partial charge on any atom is -0.309 e. The van der Waals surface area contributed by atoms with Crippen LogP contribution in [-0.4, -0.2) is 9.97 Å². The van der Waals surface area contributed by atoms with Crippen LogP contribution in [0.1, 0.15) is 44.0 Å². The zero-order chi connectivity index (χ0) is 16.2. The van der Waals surface area contributed by atoms with Crippen molar-refractivity contribution in [1.82, 2.24) is 9.97 Å². The van der Waals surface area contributed by atoms with Gasteiger partial charge < -0.3 is 4.98 Å². The molecule has 2 aromatic carbocycles. The third kappa shape index (κ3) is 3.50. The van der Waals surface area contributed by atoms with Crippen molar-refractivity contribution in [3.8, 4) is 0 Å². The summed E-state index contributed by atoms with van der Waals surface area (Å²) in [5, 5.41) is 0.645. The van der Waals surface area contributed by atoms with Crippen LogP contribution in [0.4, 0.5) is 0 Å². The smallest absolute Gasteiger partial charge is 0.258 e. The summed E-state index contributed by atoms with van der Waals surface area (Å²) in [7, 11) is 0. The molecule has 0 spiro atoms. The second-order valence-corrected chi connectivity index (χ2v) is 6.40. The monoisotopic (exact) mass is 306 g/mol. The quantitative estimate of drug-likeness (QED) is 0.755. The van der Waals surface area contributed by atoms with E-state index in [4.69, 9.17) is 4.98 Å². The van der Waals surface area contributed by atoms with Crippen molar-refractivity contribution in [1.29, 1.82) is 0 Å². The van der Waals surface area contributed by atoms with Gasteiger partial charge in [0.2, 0.25) is 0 Å². The molecule has 1 heterocycles. The largest absolute Gasteiger partial charge is 0.309 e. The summed E-state index contributed by atoms with van der Waals surface area (Å²) in [6, 6.07) is 17.8. The van der Waals surface area contributed by atoms with E-state index in [1.54, 1.807) is 0 Å². The predicted molar refractivity (Wildman–Crippen MR) is 94.7 cm³/mol. The van der Waals surface area contributed by atoms with E-state index < -0.39 is 0 Å². The van der Waals surface area contributed by atoms with E-state index in [9.17, 15) is 4.79 Å². The predicted octanol–water partition coefficient (Wildman–Crippen LogP) is 4.49. The molecular formula is C20H22N2O. The summed E-state index contributed by atoms with van der Waals surface area (Å²) >= 11 is 0. The third-order valence-corrected chi connectivity index (χ3v) is 4.20. The fourth-order valence-corrected chi connectivity index (χ4v) is 2.92. The van der Waals surface area contributed by atoms with Gasteiger partial charge in [-0.25, -0.2) is 4.98 Å². The molecular weight excluding hydrogens is 284 g/mol. The first-order chi connectivity index (χ1) is 11.1. The van der Waals surface area contributed by atoms with Crippen LogP contribution < -0.4 is 5.56 Å². The zero-order valence-electron chi connectivity index (χ0n) is 13.6. The van der Waals surface area contributed by atoms with Crippen molar-refractivity contribution in [2.75, 3.05) is 0 Å². The molecule has 0 saturated carbocycles. The molecule has 3 heteroatoms. The molecule has 0 aliphatic heterocycles. The SMILES string of the molecule is CC(C)CCC(c1ccccc1)c1nc2ccccc2c(=O)[nH]1. The molecule has 3 nitrogen and oxygen atoms in total. The fourth-order valence-electron chi connectivity index (χ4n) is 2.92. The van der Waals surface area contributed by atoms with Crippen LogP contribution >= 0.6 is 0 Å². The number of aromatic amines is 1. The van der Waals surface area contributed by atoms with Gasteiger partial charge in [-0.3, -0.25) is 4.79 Å². The minimum absolute atomic E-state index is 0.0592. The van der Waals surface area contributed by atoms with E-state index in [2.05, 4.69) is 31.0 Å². The molecule has 0 saturated heterocycles. The first-order valence-corrected chi connectivity index (χ1v) is 8.19. The van der Waals surface area contributed by atoms with Crippen molar-refractivity contribution >= 4 is 10.9 Å². The van der Waals surface area contributed by atoms with Gasteiger partial charge in [-0.05, 0) is 36.5 Å². The Labute approximate surface area is 136 Å². The highest BCUT2D eigenvalue weighted by molar-refractivity contribution is 5.77. The van der Waals surface area contributed by atoms with Crippen LogP contribution in [0.3, 0.4) is 0 Å². The number of rotatable bonds is 5. The summed E-state index contributed by atoms with van der Waals surface area (Å²) in [5.74, 6) is 1.50. The van der Waals surface area contributed by atoms with Crippen LogP contribution in [0, 0.1) is 5.92 Å². The first kappa shape index (κ1) is 15.5. The topological polar surface area (TPSA) is 45.8 Å². The zero-order valence-corrected chi connectivity index (χ0v) is 13.6. The molecule has 0 radical (unpaired) electrons. The molecule has 1 unspecified atom stereocenters.